The van der Waals surface area contributed by atoms with Crippen LogP contribution in [0.15, 0.2) is 11.6 Å². The Bertz CT molecular complexity index is 182. The summed E-state index contributed by atoms with van der Waals surface area (Å²) in [5.41, 5.74) is 0.309. The van der Waals surface area contributed by atoms with E-state index in [1.54, 1.807) is 19.9 Å². The fraction of sp³-hybridized carbons (Fsp3) is 0.667. The highest BCUT2D eigenvalue weighted by Crippen LogP contribution is 2.08. The van der Waals surface area contributed by atoms with E-state index < -0.39 is 5.97 Å². The highest BCUT2D eigenvalue weighted by atomic mass is 16.5. The number of rotatable bonds is 4. The molecule has 1 N–H and O–H groups in total. The lowest BCUT2D eigenvalue weighted by atomic mass is 10.1. The van der Waals surface area contributed by atoms with E-state index in [0.29, 0.717) is 5.57 Å². The zero-order chi connectivity index (χ0) is 9.72. The largest absolute Gasteiger partial charge is 0.478 e. The van der Waals surface area contributed by atoms with Crippen LogP contribution in [0.2, 0.25) is 0 Å². The van der Waals surface area contributed by atoms with Crippen LogP contribution in [0.1, 0.15) is 27.7 Å². The molecular weight excluding hydrogens is 156 g/mol. The van der Waals surface area contributed by atoms with E-state index in [2.05, 4.69) is 0 Å². The molecule has 0 fully saturated rings. The Kier molecular flexibility index (Phi) is 4.59. The first-order chi connectivity index (χ1) is 5.49. The first-order valence-electron chi connectivity index (χ1n) is 4.04. The normalized spacial score (nSPS) is 14.9. The lowest BCUT2D eigenvalue weighted by Crippen LogP contribution is -2.21. The van der Waals surface area contributed by atoms with E-state index in [1.807, 2.05) is 13.8 Å². The minimum Gasteiger partial charge on any atom is -0.478 e. The van der Waals surface area contributed by atoms with Crippen LogP contribution < -0.4 is 0 Å². The van der Waals surface area contributed by atoms with Gasteiger partial charge in [-0.2, -0.15) is 0 Å². The van der Waals surface area contributed by atoms with Gasteiger partial charge in [-0.15, -0.1) is 0 Å². The number of carboxylic acids is 1. The molecule has 1 unspecified atom stereocenters. The van der Waals surface area contributed by atoms with E-state index >= 15 is 0 Å². The summed E-state index contributed by atoms with van der Waals surface area (Å²) in [6.45, 7) is 7.20. The number of hydrogen-bond acceptors (Lipinski definition) is 2. The molecule has 3 heteroatoms. The summed E-state index contributed by atoms with van der Waals surface area (Å²) < 4.78 is 5.32. The SMILES string of the molecule is CC=C(C(=O)O)C(C)OC(C)C. The zero-order valence-electron chi connectivity index (χ0n) is 8.00. The van der Waals surface area contributed by atoms with Gasteiger partial charge in [0.05, 0.1) is 17.8 Å². The van der Waals surface area contributed by atoms with Crippen LogP contribution in [0.5, 0.6) is 0 Å². The highest BCUT2D eigenvalue weighted by Gasteiger charge is 2.16. The van der Waals surface area contributed by atoms with Crippen molar-refractivity contribution < 1.29 is 14.6 Å². The average molecular weight is 172 g/mol. The van der Waals surface area contributed by atoms with Crippen molar-refractivity contribution >= 4 is 5.97 Å². The summed E-state index contributed by atoms with van der Waals surface area (Å²) in [6, 6.07) is 0. The monoisotopic (exact) mass is 172 g/mol. The standard InChI is InChI=1S/C9H16O3/c1-5-8(9(10)11)7(4)12-6(2)3/h5-7H,1-4H3,(H,10,11). The van der Waals surface area contributed by atoms with E-state index in [-0.39, 0.29) is 12.2 Å². The van der Waals surface area contributed by atoms with Crippen molar-refractivity contribution in [2.45, 2.75) is 39.9 Å². The Balaban J connectivity index is 4.24. The zero-order valence-corrected chi connectivity index (χ0v) is 8.00. The van der Waals surface area contributed by atoms with Crippen molar-refractivity contribution in [2.24, 2.45) is 0 Å². The molecule has 0 aliphatic carbocycles. The lowest BCUT2D eigenvalue weighted by molar-refractivity contribution is -0.134. The van der Waals surface area contributed by atoms with Crippen molar-refractivity contribution in [3.05, 3.63) is 11.6 Å². The van der Waals surface area contributed by atoms with Crippen LogP contribution in [0.3, 0.4) is 0 Å². The molecule has 0 radical (unpaired) electrons. The Labute approximate surface area is 73.0 Å². The van der Waals surface area contributed by atoms with Gasteiger partial charge in [-0.1, -0.05) is 6.08 Å². The Morgan fingerprint density at radius 3 is 2.17 bits per heavy atom. The third-order valence-electron chi connectivity index (χ3n) is 1.47. The van der Waals surface area contributed by atoms with Gasteiger partial charge in [0.1, 0.15) is 0 Å². The molecule has 0 aromatic heterocycles. The van der Waals surface area contributed by atoms with Gasteiger partial charge in [0.2, 0.25) is 0 Å². The molecule has 0 aliphatic heterocycles. The van der Waals surface area contributed by atoms with Gasteiger partial charge in [-0.05, 0) is 27.7 Å². The topological polar surface area (TPSA) is 46.5 Å². The number of allylic oxidation sites excluding steroid dienone is 1. The van der Waals surface area contributed by atoms with Gasteiger partial charge in [-0.25, -0.2) is 4.79 Å². The fourth-order valence-electron chi connectivity index (χ4n) is 1.01. The fourth-order valence-corrected chi connectivity index (χ4v) is 1.01. The van der Waals surface area contributed by atoms with Gasteiger partial charge in [0, 0.05) is 0 Å². The second kappa shape index (κ2) is 4.93. The van der Waals surface area contributed by atoms with E-state index in [1.165, 1.54) is 0 Å². The molecule has 0 heterocycles. The molecule has 0 bridgehead atoms. The first-order valence-corrected chi connectivity index (χ1v) is 4.04. The summed E-state index contributed by atoms with van der Waals surface area (Å²) in [6.07, 6.45) is 1.27. The minimum absolute atomic E-state index is 0.0503. The van der Waals surface area contributed by atoms with Crippen molar-refractivity contribution in [3.63, 3.8) is 0 Å². The van der Waals surface area contributed by atoms with Crippen molar-refractivity contribution in [1.29, 1.82) is 0 Å². The molecular formula is C9H16O3. The van der Waals surface area contributed by atoms with Crippen molar-refractivity contribution in [1.82, 2.24) is 0 Å². The summed E-state index contributed by atoms with van der Waals surface area (Å²) in [5, 5.41) is 8.71. The van der Waals surface area contributed by atoms with Gasteiger partial charge in [-0.3, -0.25) is 0 Å². The maximum Gasteiger partial charge on any atom is 0.333 e. The number of carbonyl (C=O) groups is 1. The first kappa shape index (κ1) is 11.2. The smallest absolute Gasteiger partial charge is 0.333 e. The highest BCUT2D eigenvalue weighted by molar-refractivity contribution is 5.87. The van der Waals surface area contributed by atoms with E-state index in [9.17, 15) is 4.79 Å². The van der Waals surface area contributed by atoms with Gasteiger partial charge in [0.15, 0.2) is 0 Å². The molecule has 0 saturated carbocycles. The molecule has 0 amide bonds. The molecule has 0 saturated heterocycles. The third kappa shape index (κ3) is 3.53. The lowest BCUT2D eigenvalue weighted by Gasteiger charge is -2.16. The predicted octanol–water partition coefficient (Wildman–Crippen LogP) is 1.83. The van der Waals surface area contributed by atoms with E-state index in [0.717, 1.165) is 0 Å². The molecule has 12 heavy (non-hydrogen) atoms. The number of carboxylic acid groups (broad SMARTS) is 1. The quantitative estimate of drug-likeness (QED) is 0.658. The maximum absolute atomic E-state index is 10.6. The summed E-state index contributed by atoms with van der Waals surface area (Å²) in [5.74, 6) is -0.911. The molecule has 0 spiro atoms. The maximum atomic E-state index is 10.6. The molecule has 0 aromatic carbocycles. The van der Waals surface area contributed by atoms with Crippen molar-refractivity contribution in [3.8, 4) is 0 Å². The number of ether oxygens (including phenoxy) is 1. The second-order valence-electron chi connectivity index (χ2n) is 2.88. The Morgan fingerprint density at radius 1 is 1.42 bits per heavy atom. The van der Waals surface area contributed by atoms with Crippen LogP contribution in [0, 0.1) is 0 Å². The van der Waals surface area contributed by atoms with Crippen LogP contribution in [0.4, 0.5) is 0 Å². The molecule has 0 aromatic rings. The van der Waals surface area contributed by atoms with Crippen molar-refractivity contribution in [2.75, 3.05) is 0 Å². The summed E-state index contributed by atoms with van der Waals surface area (Å²) in [4.78, 5) is 10.6. The molecule has 1 atom stereocenters. The van der Waals surface area contributed by atoms with E-state index in [4.69, 9.17) is 9.84 Å². The second-order valence-corrected chi connectivity index (χ2v) is 2.88. The van der Waals surface area contributed by atoms with Crippen LogP contribution in [0.25, 0.3) is 0 Å². The molecule has 3 nitrogen and oxygen atoms in total. The molecule has 70 valence electrons. The predicted molar refractivity (Wildman–Crippen MR) is 47.1 cm³/mol. The molecule has 0 aliphatic rings. The Hall–Kier alpha value is -0.830. The number of hydrogen-bond donors (Lipinski definition) is 1. The summed E-state index contributed by atoms with van der Waals surface area (Å²) in [7, 11) is 0. The van der Waals surface area contributed by atoms with Gasteiger partial charge in [0.25, 0.3) is 0 Å². The summed E-state index contributed by atoms with van der Waals surface area (Å²) >= 11 is 0. The Morgan fingerprint density at radius 2 is 1.92 bits per heavy atom. The van der Waals surface area contributed by atoms with Crippen LogP contribution in [-0.2, 0) is 9.53 Å². The minimum atomic E-state index is -0.911. The van der Waals surface area contributed by atoms with Crippen LogP contribution >= 0.6 is 0 Å². The number of aliphatic carboxylic acids is 1. The third-order valence-corrected chi connectivity index (χ3v) is 1.47. The average Bonchev–Trinajstić information content (AvgIpc) is 1.85. The van der Waals surface area contributed by atoms with Gasteiger partial charge < -0.3 is 9.84 Å². The van der Waals surface area contributed by atoms with Crippen LogP contribution in [-0.4, -0.2) is 23.3 Å². The van der Waals surface area contributed by atoms with Gasteiger partial charge >= 0.3 is 5.97 Å². The molecule has 0 rings (SSSR count).